The number of halogens is 1. The lowest BCUT2D eigenvalue weighted by Gasteiger charge is -2.43. The molecule has 0 aromatic heterocycles. The number of nitrogens with two attached hydrogens (primary N) is 1. The Bertz CT molecular complexity index is 465. The van der Waals surface area contributed by atoms with Crippen molar-refractivity contribution in [2.45, 2.75) is 64.6 Å². The Morgan fingerprint density at radius 1 is 1.25 bits per heavy atom. The van der Waals surface area contributed by atoms with Gasteiger partial charge >= 0.3 is 0 Å². The number of benzene rings is 1. The summed E-state index contributed by atoms with van der Waals surface area (Å²) >= 11 is 6.11. The summed E-state index contributed by atoms with van der Waals surface area (Å²) in [5.74, 6) is 0. The number of nitrogens with zero attached hydrogens (tertiary/aromatic N) is 1. The third-order valence-corrected chi connectivity index (χ3v) is 4.58. The van der Waals surface area contributed by atoms with Crippen molar-refractivity contribution >= 4 is 11.6 Å². The van der Waals surface area contributed by atoms with E-state index in [1.54, 1.807) is 0 Å². The van der Waals surface area contributed by atoms with Crippen molar-refractivity contribution in [1.29, 1.82) is 0 Å². The highest BCUT2D eigenvalue weighted by molar-refractivity contribution is 6.30. The zero-order valence-electron chi connectivity index (χ0n) is 13.1. The van der Waals surface area contributed by atoms with Crippen LogP contribution in [0.2, 0.25) is 5.02 Å². The number of hydrogen-bond donors (Lipinski definition) is 1. The van der Waals surface area contributed by atoms with Gasteiger partial charge in [0.15, 0.2) is 0 Å². The molecule has 1 fully saturated rings. The molecule has 112 valence electrons. The molecule has 2 nitrogen and oxygen atoms in total. The molecule has 2 N–H and O–H groups in total. The highest BCUT2D eigenvalue weighted by Crippen LogP contribution is 2.36. The molecule has 0 radical (unpaired) electrons. The summed E-state index contributed by atoms with van der Waals surface area (Å²) in [6.07, 6.45) is 3.55. The summed E-state index contributed by atoms with van der Waals surface area (Å²) in [6, 6.07) is 6.68. The highest BCUT2D eigenvalue weighted by Gasteiger charge is 2.35. The van der Waals surface area contributed by atoms with Gasteiger partial charge in [-0.05, 0) is 70.3 Å². The average Bonchev–Trinajstić information content (AvgIpc) is 2.51. The van der Waals surface area contributed by atoms with Crippen molar-refractivity contribution in [2.75, 3.05) is 6.54 Å². The summed E-state index contributed by atoms with van der Waals surface area (Å²) in [7, 11) is 0. The van der Waals surface area contributed by atoms with E-state index in [1.165, 1.54) is 24.0 Å². The van der Waals surface area contributed by atoms with Crippen LogP contribution >= 0.6 is 11.6 Å². The van der Waals surface area contributed by atoms with Gasteiger partial charge in [0.25, 0.3) is 0 Å². The molecule has 0 bridgehead atoms. The number of rotatable bonds is 1. The van der Waals surface area contributed by atoms with Crippen molar-refractivity contribution in [1.82, 2.24) is 4.90 Å². The molecule has 0 spiro atoms. The Labute approximate surface area is 128 Å². The molecule has 1 aromatic carbocycles. The monoisotopic (exact) mass is 294 g/mol. The standard InChI is InChI=1S/C17H27ClN2/c1-12-11-13(18)8-9-14(12)16-15(19)7-5-6-10-20(16)17(2,3)4/h8-9,11,15-16H,5-7,10,19H2,1-4H3. The van der Waals surface area contributed by atoms with Crippen molar-refractivity contribution in [3.05, 3.63) is 34.3 Å². The third-order valence-electron chi connectivity index (χ3n) is 4.34. The van der Waals surface area contributed by atoms with Crippen LogP contribution in [0, 0.1) is 6.92 Å². The minimum Gasteiger partial charge on any atom is -0.326 e. The first-order chi connectivity index (χ1) is 9.30. The SMILES string of the molecule is Cc1cc(Cl)ccc1C1C(N)CCCCN1C(C)(C)C. The Balaban J connectivity index is 2.45. The summed E-state index contributed by atoms with van der Waals surface area (Å²) in [6.45, 7) is 10.1. The van der Waals surface area contributed by atoms with Crippen molar-refractivity contribution < 1.29 is 0 Å². The van der Waals surface area contributed by atoms with Crippen LogP contribution in [0.25, 0.3) is 0 Å². The van der Waals surface area contributed by atoms with E-state index < -0.39 is 0 Å². The quantitative estimate of drug-likeness (QED) is 0.836. The van der Waals surface area contributed by atoms with E-state index in [0.717, 1.165) is 18.0 Å². The van der Waals surface area contributed by atoms with Gasteiger partial charge in [-0.1, -0.05) is 24.1 Å². The van der Waals surface area contributed by atoms with E-state index in [0.29, 0.717) is 0 Å². The van der Waals surface area contributed by atoms with Crippen LogP contribution in [-0.4, -0.2) is 23.0 Å². The molecular weight excluding hydrogens is 268 g/mol. The van der Waals surface area contributed by atoms with E-state index in [2.05, 4.69) is 44.7 Å². The number of hydrogen-bond acceptors (Lipinski definition) is 2. The minimum atomic E-state index is 0.124. The summed E-state index contributed by atoms with van der Waals surface area (Å²) in [4.78, 5) is 2.57. The van der Waals surface area contributed by atoms with Crippen LogP contribution in [0.4, 0.5) is 0 Å². The smallest absolute Gasteiger partial charge is 0.0506 e. The summed E-state index contributed by atoms with van der Waals surface area (Å²) < 4.78 is 0. The van der Waals surface area contributed by atoms with E-state index in [-0.39, 0.29) is 17.6 Å². The fraction of sp³-hybridized carbons (Fsp3) is 0.647. The second-order valence-electron chi connectivity index (χ2n) is 6.97. The van der Waals surface area contributed by atoms with Gasteiger partial charge in [0.2, 0.25) is 0 Å². The Morgan fingerprint density at radius 3 is 2.55 bits per heavy atom. The molecule has 0 saturated carbocycles. The van der Waals surface area contributed by atoms with Gasteiger partial charge in [0, 0.05) is 16.6 Å². The Morgan fingerprint density at radius 2 is 1.95 bits per heavy atom. The average molecular weight is 295 g/mol. The van der Waals surface area contributed by atoms with Gasteiger partial charge in [-0.25, -0.2) is 0 Å². The zero-order chi connectivity index (χ0) is 14.9. The lowest BCUT2D eigenvalue weighted by atomic mass is 9.90. The van der Waals surface area contributed by atoms with Crippen LogP contribution in [0.1, 0.15) is 57.2 Å². The lowest BCUT2D eigenvalue weighted by molar-refractivity contribution is 0.0752. The van der Waals surface area contributed by atoms with Gasteiger partial charge in [0.05, 0.1) is 6.04 Å². The molecule has 20 heavy (non-hydrogen) atoms. The topological polar surface area (TPSA) is 29.3 Å². The first kappa shape index (κ1) is 15.8. The molecule has 1 heterocycles. The van der Waals surface area contributed by atoms with Crippen molar-refractivity contribution in [3.8, 4) is 0 Å². The predicted octanol–water partition coefficient (Wildman–Crippen LogP) is 4.30. The van der Waals surface area contributed by atoms with Crippen molar-refractivity contribution in [2.24, 2.45) is 5.73 Å². The van der Waals surface area contributed by atoms with Crippen LogP contribution in [-0.2, 0) is 0 Å². The predicted molar refractivity (Wildman–Crippen MR) is 87.2 cm³/mol. The zero-order valence-corrected chi connectivity index (χ0v) is 13.9. The summed E-state index contributed by atoms with van der Waals surface area (Å²) in [5.41, 5.74) is 9.23. The Hall–Kier alpha value is -0.570. The highest BCUT2D eigenvalue weighted by atomic mass is 35.5. The molecule has 2 unspecified atom stereocenters. The van der Waals surface area contributed by atoms with Gasteiger partial charge in [-0.15, -0.1) is 0 Å². The molecular formula is C17H27ClN2. The molecule has 1 aromatic rings. The van der Waals surface area contributed by atoms with Gasteiger partial charge < -0.3 is 5.73 Å². The largest absolute Gasteiger partial charge is 0.326 e. The van der Waals surface area contributed by atoms with Gasteiger partial charge in [0.1, 0.15) is 0 Å². The van der Waals surface area contributed by atoms with Crippen LogP contribution < -0.4 is 5.73 Å². The maximum absolute atomic E-state index is 6.53. The second-order valence-corrected chi connectivity index (χ2v) is 7.41. The van der Waals surface area contributed by atoms with Crippen LogP contribution in [0.15, 0.2) is 18.2 Å². The number of aryl methyl sites for hydroxylation is 1. The van der Waals surface area contributed by atoms with E-state index >= 15 is 0 Å². The summed E-state index contributed by atoms with van der Waals surface area (Å²) in [5, 5.41) is 0.802. The molecule has 0 aliphatic carbocycles. The van der Waals surface area contributed by atoms with Gasteiger partial charge in [-0.2, -0.15) is 0 Å². The molecule has 1 aliphatic rings. The second kappa shape index (κ2) is 6.05. The van der Waals surface area contributed by atoms with E-state index in [9.17, 15) is 0 Å². The number of likely N-dealkylation sites (tertiary alicyclic amines) is 1. The van der Waals surface area contributed by atoms with E-state index in [4.69, 9.17) is 17.3 Å². The molecule has 3 heteroatoms. The van der Waals surface area contributed by atoms with Crippen LogP contribution in [0.5, 0.6) is 0 Å². The molecule has 1 aliphatic heterocycles. The molecule has 2 rings (SSSR count). The third kappa shape index (κ3) is 3.36. The maximum Gasteiger partial charge on any atom is 0.0506 e. The fourth-order valence-corrected chi connectivity index (χ4v) is 3.54. The van der Waals surface area contributed by atoms with E-state index in [1.807, 2.05) is 6.07 Å². The normalized spacial score (nSPS) is 25.5. The van der Waals surface area contributed by atoms with Crippen molar-refractivity contribution in [3.63, 3.8) is 0 Å². The van der Waals surface area contributed by atoms with Crippen LogP contribution in [0.3, 0.4) is 0 Å². The minimum absolute atomic E-state index is 0.124. The Kier molecular flexibility index (Phi) is 4.78. The molecule has 0 amide bonds. The molecule has 1 saturated heterocycles. The fourth-order valence-electron chi connectivity index (χ4n) is 3.31. The first-order valence-corrected chi connectivity index (χ1v) is 7.97. The van der Waals surface area contributed by atoms with Gasteiger partial charge in [-0.3, -0.25) is 4.90 Å². The maximum atomic E-state index is 6.53. The molecule has 2 atom stereocenters. The first-order valence-electron chi connectivity index (χ1n) is 7.59. The lowest BCUT2D eigenvalue weighted by Crippen LogP contribution is -2.49.